The minimum Gasteiger partial charge on any atom is -0.341 e. The van der Waals surface area contributed by atoms with Crippen LogP contribution in [-0.2, 0) is 9.59 Å². The van der Waals surface area contributed by atoms with Gasteiger partial charge in [-0.25, -0.2) is 4.52 Å². The van der Waals surface area contributed by atoms with Gasteiger partial charge in [-0.1, -0.05) is 6.07 Å². The molecule has 19 heavy (non-hydrogen) atoms. The molecular formula is C12H13N5O2. The number of rotatable bonds is 2. The van der Waals surface area contributed by atoms with E-state index >= 15 is 0 Å². The Balaban J connectivity index is 1.88. The van der Waals surface area contributed by atoms with E-state index < -0.39 is 6.04 Å². The van der Waals surface area contributed by atoms with Gasteiger partial charge < -0.3 is 5.32 Å². The lowest BCUT2D eigenvalue weighted by molar-refractivity contribution is -0.136. The first-order valence-electron chi connectivity index (χ1n) is 5.95. The van der Waals surface area contributed by atoms with E-state index in [9.17, 15) is 9.59 Å². The summed E-state index contributed by atoms with van der Waals surface area (Å²) < 4.78 is 1.64. The van der Waals surface area contributed by atoms with Crippen LogP contribution in [0.15, 0.2) is 18.3 Å². The molecule has 0 spiro atoms. The monoisotopic (exact) mass is 259 g/mol. The zero-order valence-electron chi connectivity index (χ0n) is 10.6. The highest BCUT2D eigenvalue weighted by Gasteiger charge is 2.36. The molecule has 0 saturated carbocycles. The summed E-state index contributed by atoms with van der Waals surface area (Å²) in [5.74, 6) is -0.0845. The molecule has 98 valence electrons. The largest absolute Gasteiger partial charge is 0.341 e. The third kappa shape index (κ3) is 1.83. The van der Waals surface area contributed by atoms with Gasteiger partial charge in [0, 0.05) is 13.2 Å². The first kappa shape index (κ1) is 11.6. The van der Waals surface area contributed by atoms with Crippen molar-refractivity contribution >= 4 is 23.4 Å². The number of amides is 2. The summed E-state index contributed by atoms with van der Waals surface area (Å²) in [6.07, 6.45) is 1.93. The van der Waals surface area contributed by atoms with Gasteiger partial charge in [0.05, 0.1) is 6.42 Å². The van der Waals surface area contributed by atoms with Gasteiger partial charge in [-0.2, -0.15) is 4.98 Å². The zero-order chi connectivity index (χ0) is 13.6. The van der Waals surface area contributed by atoms with Gasteiger partial charge in [0.2, 0.25) is 11.9 Å². The molecule has 1 fully saturated rings. The average Bonchev–Trinajstić information content (AvgIpc) is 2.89. The Morgan fingerprint density at radius 2 is 2.21 bits per heavy atom. The Morgan fingerprint density at radius 3 is 2.84 bits per heavy atom. The lowest BCUT2D eigenvalue weighted by Crippen LogP contribution is -2.32. The highest BCUT2D eigenvalue weighted by Crippen LogP contribution is 2.16. The number of likely N-dealkylation sites (N-methyl/N-ethyl adjacent to an activating group) is 1. The average molecular weight is 259 g/mol. The fourth-order valence-electron chi connectivity index (χ4n) is 2.12. The summed E-state index contributed by atoms with van der Waals surface area (Å²) >= 11 is 0. The second-order valence-corrected chi connectivity index (χ2v) is 4.59. The molecule has 1 unspecified atom stereocenters. The number of hydrogen-bond donors (Lipinski definition) is 1. The molecule has 1 N–H and O–H groups in total. The van der Waals surface area contributed by atoms with E-state index in [4.69, 9.17) is 0 Å². The van der Waals surface area contributed by atoms with Crippen LogP contribution < -0.4 is 5.32 Å². The van der Waals surface area contributed by atoms with E-state index in [-0.39, 0.29) is 18.2 Å². The minimum atomic E-state index is -0.574. The molecule has 3 rings (SSSR count). The molecule has 0 radical (unpaired) electrons. The summed E-state index contributed by atoms with van der Waals surface area (Å²) in [5, 5.41) is 7.15. The van der Waals surface area contributed by atoms with E-state index in [2.05, 4.69) is 15.4 Å². The highest BCUT2D eigenvalue weighted by atomic mass is 16.2. The number of anilines is 1. The quantitative estimate of drug-likeness (QED) is 0.780. The molecular weight excluding hydrogens is 246 g/mol. The molecule has 1 saturated heterocycles. The molecule has 7 heteroatoms. The second-order valence-electron chi connectivity index (χ2n) is 4.59. The number of pyridine rings is 1. The molecule has 0 aromatic carbocycles. The van der Waals surface area contributed by atoms with Crippen LogP contribution in [0.4, 0.5) is 5.95 Å². The Labute approximate surface area is 109 Å². The lowest BCUT2D eigenvalue weighted by atomic mass is 10.2. The SMILES string of the molecule is Cc1cccn2nc(NC3CC(=O)N(C)C3=O)nc12. The third-order valence-electron chi connectivity index (χ3n) is 3.24. The van der Waals surface area contributed by atoms with Gasteiger partial charge in [0.1, 0.15) is 6.04 Å². The molecule has 7 nitrogen and oxygen atoms in total. The normalized spacial score (nSPS) is 19.5. The molecule has 0 bridgehead atoms. The van der Waals surface area contributed by atoms with Crippen molar-refractivity contribution in [3.05, 3.63) is 23.9 Å². The Morgan fingerprint density at radius 1 is 1.42 bits per heavy atom. The number of hydrogen-bond acceptors (Lipinski definition) is 5. The van der Waals surface area contributed by atoms with Crippen LogP contribution in [0.5, 0.6) is 0 Å². The smallest absolute Gasteiger partial charge is 0.252 e. The van der Waals surface area contributed by atoms with Crippen molar-refractivity contribution in [1.29, 1.82) is 0 Å². The summed E-state index contributed by atoms with van der Waals surface area (Å²) in [5.41, 5.74) is 1.73. The fraction of sp³-hybridized carbons (Fsp3) is 0.333. The molecule has 2 aromatic rings. The van der Waals surface area contributed by atoms with Crippen molar-refractivity contribution in [2.24, 2.45) is 0 Å². The van der Waals surface area contributed by atoms with Gasteiger partial charge in [-0.3, -0.25) is 14.5 Å². The molecule has 0 aliphatic carbocycles. The first-order valence-corrected chi connectivity index (χ1v) is 5.95. The van der Waals surface area contributed by atoms with Gasteiger partial charge in [0.25, 0.3) is 5.91 Å². The van der Waals surface area contributed by atoms with Crippen LogP contribution in [0.3, 0.4) is 0 Å². The van der Waals surface area contributed by atoms with Crippen molar-refractivity contribution in [2.45, 2.75) is 19.4 Å². The molecule has 1 atom stereocenters. The molecule has 1 aliphatic rings. The maximum atomic E-state index is 11.8. The summed E-state index contributed by atoms with van der Waals surface area (Å²) in [6.45, 7) is 1.94. The Hall–Kier alpha value is -2.44. The van der Waals surface area contributed by atoms with E-state index in [0.717, 1.165) is 16.1 Å². The highest BCUT2D eigenvalue weighted by molar-refractivity contribution is 6.06. The number of likely N-dealkylation sites (tertiary alicyclic amines) is 1. The predicted octanol–water partition coefficient (Wildman–Crippen LogP) is 0.207. The van der Waals surface area contributed by atoms with Crippen LogP contribution in [0.1, 0.15) is 12.0 Å². The van der Waals surface area contributed by atoms with Crippen LogP contribution >= 0.6 is 0 Å². The lowest BCUT2D eigenvalue weighted by Gasteiger charge is -2.08. The topological polar surface area (TPSA) is 79.6 Å². The number of imide groups is 1. The van der Waals surface area contributed by atoms with E-state index in [0.29, 0.717) is 5.95 Å². The number of fused-ring (bicyclic) bond motifs is 1. The summed E-state index contributed by atoms with van der Waals surface area (Å²) in [4.78, 5) is 28.7. The number of nitrogens with zero attached hydrogens (tertiary/aromatic N) is 4. The molecule has 2 aromatic heterocycles. The number of aryl methyl sites for hydroxylation is 1. The third-order valence-corrected chi connectivity index (χ3v) is 3.24. The molecule has 1 aliphatic heterocycles. The molecule has 3 heterocycles. The zero-order valence-corrected chi connectivity index (χ0v) is 10.6. The van der Waals surface area contributed by atoms with Crippen molar-refractivity contribution in [3.8, 4) is 0 Å². The van der Waals surface area contributed by atoms with Crippen molar-refractivity contribution in [1.82, 2.24) is 19.5 Å². The van der Waals surface area contributed by atoms with Crippen LogP contribution in [-0.4, -0.2) is 44.4 Å². The molecule has 2 amide bonds. The van der Waals surface area contributed by atoms with Crippen LogP contribution in [0, 0.1) is 6.92 Å². The van der Waals surface area contributed by atoms with Gasteiger partial charge in [0.15, 0.2) is 5.65 Å². The first-order chi connectivity index (χ1) is 9.06. The van der Waals surface area contributed by atoms with E-state index in [1.807, 2.05) is 19.1 Å². The number of aromatic nitrogens is 3. The van der Waals surface area contributed by atoms with Crippen molar-refractivity contribution < 1.29 is 9.59 Å². The minimum absolute atomic E-state index is 0.143. The standard InChI is InChI=1S/C12H13N5O2/c1-7-4-3-5-17-10(7)14-12(15-17)13-8-6-9(18)16(2)11(8)19/h3-5,8H,6H2,1-2H3,(H,13,15). The van der Waals surface area contributed by atoms with Gasteiger partial charge in [-0.05, 0) is 18.6 Å². The van der Waals surface area contributed by atoms with Gasteiger partial charge in [-0.15, -0.1) is 5.10 Å². The van der Waals surface area contributed by atoms with Crippen molar-refractivity contribution in [2.75, 3.05) is 12.4 Å². The Bertz CT molecular complexity index is 678. The van der Waals surface area contributed by atoms with E-state index in [1.54, 1.807) is 10.7 Å². The summed E-state index contributed by atoms with van der Waals surface area (Å²) in [6, 6.07) is 3.24. The number of carbonyl (C=O) groups excluding carboxylic acids is 2. The van der Waals surface area contributed by atoms with E-state index in [1.165, 1.54) is 7.05 Å². The second kappa shape index (κ2) is 4.04. The fourth-order valence-corrected chi connectivity index (χ4v) is 2.12. The van der Waals surface area contributed by atoms with Crippen LogP contribution in [0.25, 0.3) is 5.65 Å². The predicted molar refractivity (Wildman–Crippen MR) is 67.5 cm³/mol. The van der Waals surface area contributed by atoms with Crippen molar-refractivity contribution in [3.63, 3.8) is 0 Å². The maximum absolute atomic E-state index is 11.8. The maximum Gasteiger partial charge on any atom is 0.252 e. The Kier molecular flexibility index (Phi) is 2.48. The number of nitrogens with one attached hydrogen (secondary N) is 1. The number of carbonyl (C=O) groups is 2. The van der Waals surface area contributed by atoms with Gasteiger partial charge >= 0.3 is 0 Å². The van der Waals surface area contributed by atoms with Crippen LogP contribution in [0.2, 0.25) is 0 Å². The summed E-state index contributed by atoms with van der Waals surface area (Å²) in [7, 11) is 1.48.